The highest BCUT2D eigenvalue weighted by Crippen LogP contribution is 2.12. The Morgan fingerprint density at radius 1 is 1.69 bits per heavy atom. The summed E-state index contributed by atoms with van der Waals surface area (Å²) in [4.78, 5) is 0. The first-order valence-corrected chi connectivity index (χ1v) is 3.99. The lowest BCUT2D eigenvalue weighted by molar-refractivity contribution is 0.0634. The summed E-state index contributed by atoms with van der Waals surface area (Å²) in [5, 5.41) is 15.1. The number of nitrogen functional groups attached to an aromatic ring is 1. The Hall–Kier alpha value is -1.54. The summed E-state index contributed by atoms with van der Waals surface area (Å²) in [5.74, 6) is 0.227. The second-order valence-electron chi connectivity index (χ2n) is 2.93. The zero-order chi connectivity index (χ0) is 9.84. The maximum absolute atomic E-state index is 8.71. The monoisotopic (exact) mass is 180 g/mol. The predicted molar refractivity (Wildman–Crippen MR) is 47.6 cm³/mol. The van der Waals surface area contributed by atoms with Gasteiger partial charge in [0.05, 0.1) is 18.4 Å². The fourth-order valence-corrected chi connectivity index (χ4v) is 0.873. The molecule has 1 aromatic heterocycles. The predicted octanol–water partition coefficient (Wildman–Crippen LogP) is 0.789. The molecule has 0 radical (unpaired) electrons. The van der Waals surface area contributed by atoms with Crippen LogP contribution in [0.15, 0.2) is 0 Å². The molecule has 5 heteroatoms. The van der Waals surface area contributed by atoms with Crippen LogP contribution < -0.4 is 5.73 Å². The van der Waals surface area contributed by atoms with Crippen molar-refractivity contribution in [3.63, 3.8) is 0 Å². The van der Waals surface area contributed by atoms with E-state index in [9.17, 15) is 0 Å². The second-order valence-corrected chi connectivity index (χ2v) is 2.93. The maximum atomic E-state index is 8.71. The average molecular weight is 180 g/mol. The second kappa shape index (κ2) is 3.92. The molecule has 0 aromatic carbocycles. The average Bonchev–Trinajstić information content (AvgIpc) is 2.42. The number of ether oxygens (including phenoxy) is 1. The van der Waals surface area contributed by atoms with Gasteiger partial charge < -0.3 is 10.5 Å². The van der Waals surface area contributed by atoms with E-state index in [0.717, 1.165) is 0 Å². The van der Waals surface area contributed by atoms with Crippen molar-refractivity contribution in [1.29, 1.82) is 5.26 Å². The van der Waals surface area contributed by atoms with Crippen LogP contribution >= 0.6 is 0 Å². The third-order valence-electron chi connectivity index (χ3n) is 1.54. The van der Waals surface area contributed by atoms with E-state index in [-0.39, 0.29) is 11.9 Å². The Morgan fingerprint density at radius 3 is 2.92 bits per heavy atom. The highest BCUT2D eigenvalue weighted by molar-refractivity contribution is 5.50. The van der Waals surface area contributed by atoms with Crippen molar-refractivity contribution >= 4 is 5.82 Å². The van der Waals surface area contributed by atoms with Crippen molar-refractivity contribution in [2.45, 2.75) is 26.6 Å². The van der Waals surface area contributed by atoms with Gasteiger partial charge in [0, 0.05) is 0 Å². The number of H-pyrrole nitrogens is 1. The minimum absolute atomic E-state index is 0.121. The van der Waals surface area contributed by atoms with Gasteiger partial charge in [-0.3, -0.25) is 5.10 Å². The quantitative estimate of drug-likeness (QED) is 0.719. The Kier molecular flexibility index (Phi) is 2.88. The molecule has 0 aliphatic rings. The van der Waals surface area contributed by atoms with Gasteiger partial charge in [-0.25, -0.2) is 0 Å². The zero-order valence-corrected chi connectivity index (χ0v) is 7.66. The molecule has 0 saturated heterocycles. The molecule has 0 bridgehead atoms. The van der Waals surface area contributed by atoms with E-state index in [1.54, 1.807) is 0 Å². The highest BCUT2D eigenvalue weighted by atomic mass is 16.5. The Labute approximate surface area is 76.5 Å². The van der Waals surface area contributed by atoms with Crippen LogP contribution in [0.2, 0.25) is 0 Å². The third kappa shape index (κ3) is 2.20. The molecule has 3 N–H and O–H groups in total. The van der Waals surface area contributed by atoms with Gasteiger partial charge >= 0.3 is 0 Å². The Morgan fingerprint density at radius 2 is 2.38 bits per heavy atom. The van der Waals surface area contributed by atoms with Gasteiger partial charge in [-0.05, 0) is 13.8 Å². The number of rotatable bonds is 3. The van der Waals surface area contributed by atoms with Gasteiger partial charge in [0.25, 0.3) is 0 Å². The molecule has 0 unspecified atom stereocenters. The van der Waals surface area contributed by atoms with Crippen molar-refractivity contribution in [3.05, 3.63) is 11.3 Å². The molecule has 5 nitrogen and oxygen atoms in total. The molecular formula is C8H12N4O. The summed E-state index contributed by atoms with van der Waals surface area (Å²) >= 11 is 0. The van der Waals surface area contributed by atoms with Crippen LogP contribution in [0.1, 0.15) is 25.1 Å². The molecule has 0 amide bonds. The molecule has 0 spiro atoms. The standard InChI is InChI=1S/C8H12N4O/c1-5(2)13-4-7-6(3-9)8(10)12-11-7/h5H,4H2,1-2H3,(H3,10,11,12). The summed E-state index contributed by atoms with van der Waals surface area (Å²) in [6, 6.07) is 1.97. The fourth-order valence-electron chi connectivity index (χ4n) is 0.873. The van der Waals surface area contributed by atoms with Crippen LogP contribution in [0.25, 0.3) is 0 Å². The number of hydrogen-bond donors (Lipinski definition) is 2. The minimum Gasteiger partial charge on any atom is -0.381 e. The van der Waals surface area contributed by atoms with Crippen molar-refractivity contribution in [1.82, 2.24) is 10.2 Å². The highest BCUT2D eigenvalue weighted by Gasteiger charge is 2.10. The van der Waals surface area contributed by atoms with Crippen LogP contribution in [0, 0.1) is 11.3 Å². The summed E-state index contributed by atoms with van der Waals surface area (Å²) in [6.07, 6.45) is 0.121. The van der Waals surface area contributed by atoms with Gasteiger partial charge in [-0.1, -0.05) is 0 Å². The maximum Gasteiger partial charge on any atom is 0.163 e. The lowest BCUT2D eigenvalue weighted by Gasteiger charge is -2.05. The molecule has 0 aliphatic carbocycles. The number of aromatic nitrogens is 2. The molecule has 1 aromatic rings. The first-order valence-electron chi connectivity index (χ1n) is 3.99. The van der Waals surface area contributed by atoms with E-state index in [0.29, 0.717) is 17.9 Å². The van der Waals surface area contributed by atoms with E-state index in [2.05, 4.69) is 10.2 Å². The van der Waals surface area contributed by atoms with E-state index in [4.69, 9.17) is 15.7 Å². The molecule has 1 rings (SSSR count). The molecule has 13 heavy (non-hydrogen) atoms. The molecule has 0 atom stereocenters. The summed E-state index contributed by atoms with van der Waals surface area (Å²) in [7, 11) is 0. The largest absolute Gasteiger partial charge is 0.381 e. The van der Waals surface area contributed by atoms with Crippen LogP contribution in [0.3, 0.4) is 0 Å². The lowest BCUT2D eigenvalue weighted by atomic mass is 10.2. The summed E-state index contributed by atoms with van der Waals surface area (Å²) in [5.41, 5.74) is 6.45. The van der Waals surface area contributed by atoms with Gasteiger partial charge in [-0.15, -0.1) is 0 Å². The molecule has 1 heterocycles. The van der Waals surface area contributed by atoms with Gasteiger partial charge in [0.2, 0.25) is 0 Å². The Bertz CT molecular complexity index is 323. The smallest absolute Gasteiger partial charge is 0.163 e. The van der Waals surface area contributed by atoms with Crippen LogP contribution in [0.5, 0.6) is 0 Å². The molecule has 0 fully saturated rings. The van der Waals surface area contributed by atoms with Crippen molar-refractivity contribution in [2.75, 3.05) is 5.73 Å². The van der Waals surface area contributed by atoms with E-state index in [1.807, 2.05) is 19.9 Å². The van der Waals surface area contributed by atoms with E-state index in [1.165, 1.54) is 0 Å². The number of nitrogens with zero attached hydrogens (tertiary/aromatic N) is 2. The number of nitrogens with two attached hydrogens (primary N) is 1. The van der Waals surface area contributed by atoms with Gasteiger partial charge in [0.15, 0.2) is 5.82 Å². The van der Waals surface area contributed by atoms with E-state index >= 15 is 0 Å². The van der Waals surface area contributed by atoms with Crippen molar-refractivity contribution in [2.24, 2.45) is 0 Å². The van der Waals surface area contributed by atoms with Crippen molar-refractivity contribution in [3.8, 4) is 6.07 Å². The van der Waals surface area contributed by atoms with Crippen LogP contribution in [-0.2, 0) is 11.3 Å². The van der Waals surface area contributed by atoms with Crippen LogP contribution in [0.4, 0.5) is 5.82 Å². The molecule has 70 valence electrons. The number of aromatic amines is 1. The van der Waals surface area contributed by atoms with E-state index < -0.39 is 0 Å². The Balaban J connectivity index is 2.73. The number of nitrogens with one attached hydrogen (secondary N) is 1. The molecule has 0 aliphatic heterocycles. The SMILES string of the molecule is CC(C)OCc1[nH]nc(N)c1C#N. The third-order valence-corrected chi connectivity index (χ3v) is 1.54. The first-order chi connectivity index (χ1) is 6.15. The summed E-state index contributed by atoms with van der Waals surface area (Å²) in [6.45, 7) is 4.18. The number of nitriles is 1. The van der Waals surface area contributed by atoms with Gasteiger partial charge in [-0.2, -0.15) is 10.4 Å². The van der Waals surface area contributed by atoms with Gasteiger partial charge in [0.1, 0.15) is 11.6 Å². The van der Waals surface area contributed by atoms with Crippen molar-refractivity contribution < 1.29 is 4.74 Å². The zero-order valence-electron chi connectivity index (χ0n) is 7.66. The molecular weight excluding hydrogens is 168 g/mol. The first kappa shape index (κ1) is 9.55. The summed E-state index contributed by atoms with van der Waals surface area (Å²) < 4.78 is 5.31. The fraction of sp³-hybridized carbons (Fsp3) is 0.500. The topological polar surface area (TPSA) is 87.7 Å². The number of hydrogen-bond acceptors (Lipinski definition) is 4. The van der Waals surface area contributed by atoms with Crippen LogP contribution in [-0.4, -0.2) is 16.3 Å². The lowest BCUT2D eigenvalue weighted by Crippen LogP contribution is -2.03. The normalized spacial score (nSPS) is 10.3. The minimum atomic E-state index is 0.121. The molecule has 0 saturated carbocycles. The number of anilines is 1.